The van der Waals surface area contributed by atoms with Crippen molar-refractivity contribution >= 4 is 0 Å². The van der Waals surface area contributed by atoms with Gasteiger partial charge >= 0.3 is 0 Å². The Morgan fingerprint density at radius 2 is 2.23 bits per heavy atom. The Morgan fingerprint density at radius 3 is 2.62 bits per heavy atom. The number of ether oxygens (including phenoxy) is 1. The maximum atomic E-state index is 12.1. The Kier molecular flexibility index (Phi) is 2.95. The van der Waals surface area contributed by atoms with Gasteiger partial charge in [-0.15, -0.1) is 0 Å². The number of aliphatic hydroxyl groups is 1. The molecule has 1 saturated heterocycles. The normalized spacial score (nSPS) is 34.8. The van der Waals surface area contributed by atoms with Crippen molar-refractivity contribution < 1.29 is 14.2 Å². The average Bonchev–Trinajstić information content (AvgIpc) is 2.26. The highest BCUT2D eigenvalue weighted by Crippen LogP contribution is 2.36. The first-order chi connectivity index (χ1) is 5.91. The quantitative estimate of drug-likeness (QED) is 0.687. The fraction of sp³-hybridized carbons (Fsp3) is 1.00. The van der Waals surface area contributed by atoms with Gasteiger partial charge in [0.15, 0.2) is 0 Å². The van der Waals surface area contributed by atoms with Crippen molar-refractivity contribution in [1.82, 2.24) is 0 Å². The lowest BCUT2D eigenvalue weighted by molar-refractivity contribution is -0.0174. The number of hydrogen-bond acceptors (Lipinski definition) is 3. The third-order valence-corrected chi connectivity index (χ3v) is 2.99. The van der Waals surface area contributed by atoms with Crippen LogP contribution in [0.4, 0.5) is 4.39 Å². The molecule has 0 amide bonds. The molecule has 2 unspecified atom stereocenters. The highest BCUT2D eigenvalue weighted by atomic mass is 19.1. The predicted molar refractivity (Wildman–Crippen MR) is 48.2 cm³/mol. The lowest BCUT2D eigenvalue weighted by Crippen LogP contribution is -2.55. The number of aliphatic hydroxyl groups excluding tert-OH is 1. The van der Waals surface area contributed by atoms with Crippen LogP contribution in [0.25, 0.3) is 0 Å². The molecule has 0 aromatic carbocycles. The van der Waals surface area contributed by atoms with E-state index in [0.717, 1.165) is 0 Å². The number of alkyl halides is 1. The van der Waals surface area contributed by atoms with Crippen LogP contribution in [0.1, 0.15) is 26.7 Å². The van der Waals surface area contributed by atoms with Gasteiger partial charge in [-0.05, 0) is 26.7 Å². The monoisotopic (exact) mass is 191 g/mol. The van der Waals surface area contributed by atoms with Crippen molar-refractivity contribution in [2.75, 3.05) is 13.3 Å². The van der Waals surface area contributed by atoms with E-state index in [1.54, 1.807) is 0 Å². The number of nitrogens with two attached hydrogens (primary N) is 1. The standard InChI is InChI=1S/C9H18FNO2/c1-8(2)9(11,3-4-13-8)5-7(12)6-10/h7,12H,3-6,11H2,1-2H3. The SMILES string of the molecule is CC1(C)OCCC1(N)CC(O)CF. The van der Waals surface area contributed by atoms with E-state index in [1.807, 2.05) is 13.8 Å². The highest BCUT2D eigenvalue weighted by molar-refractivity contribution is 5.04. The molecule has 0 bridgehead atoms. The van der Waals surface area contributed by atoms with Gasteiger partial charge in [-0.25, -0.2) is 4.39 Å². The molecule has 1 fully saturated rings. The molecule has 0 saturated carbocycles. The van der Waals surface area contributed by atoms with E-state index in [2.05, 4.69) is 0 Å². The van der Waals surface area contributed by atoms with E-state index in [0.29, 0.717) is 13.0 Å². The summed E-state index contributed by atoms with van der Waals surface area (Å²) < 4.78 is 17.6. The maximum absolute atomic E-state index is 12.1. The highest BCUT2D eigenvalue weighted by Gasteiger charge is 2.48. The molecule has 0 spiro atoms. The molecule has 1 aliphatic heterocycles. The first kappa shape index (κ1) is 10.9. The van der Waals surface area contributed by atoms with Crippen molar-refractivity contribution in [3.8, 4) is 0 Å². The molecular weight excluding hydrogens is 173 g/mol. The van der Waals surface area contributed by atoms with Crippen molar-refractivity contribution in [2.45, 2.75) is 43.9 Å². The molecule has 78 valence electrons. The van der Waals surface area contributed by atoms with Crippen LogP contribution in [0, 0.1) is 0 Å². The Bertz CT molecular complexity index is 186. The zero-order valence-electron chi connectivity index (χ0n) is 8.22. The van der Waals surface area contributed by atoms with Crippen LogP contribution in [0.15, 0.2) is 0 Å². The number of rotatable bonds is 3. The van der Waals surface area contributed by atoms with E-state index >= 15 is 0 Å². The molecular formula is C9H18FNO2. The summed E-state index contributed by atoms with van der Waals surface area (Å²) >= 11 is 0. The second kappa shape index (κ2) is 3.52. The van der Waals surface area contributed by atoms with Gasteiger partial charge in [0, 0.05) is 12.1 Å². The van der Waals surface area contributed by atoms with Gasteiger partial charge in [0.25, 0.3) is 0 Å². The minimum Gasteiger partial charge on any atom is -0.390 e. The zero-order valence-corrected chi connectivity index (χ0v) is 8.22. The Hall–Kier alpha value is -0.190. The topological polar surface area (TPSA) is 55.5 Å². The predicted octanol–water partition coefficient (Wildman–Crippen LogP) is 0.603. The fourth-order valence-electron chi connectivity index (χ4n) is 1.76. The van der Waals surface area contributed by atoms with Gasteiger partial charge in [-0.1, -0.05) is 0 Å². The molecule has 4 heteroatoms. The molecule has 0 aliphatic carbocycles. The molecule has 0 aromatic rings. The summed E-state index contributed by atoms with van der Waals surface area (Å²) in [5.41, 5.74) is 4.99. The average molecular weight is 191 g/mol. The van der Waals surface area contributed by atoms with Gasteiger partial charge in [0.2, 0.25) is 0 Å². The summed E-state index contributed by atoms with van der Waals surface area (Å²) in [7, 11) is 0. The van der Waals surface area contributed by atoms with Crippen LogP contribution in [0.3, 0.4) is 0 Å². The Labute approximate surface area is 78.1 Å². The van der Waals surface area contributed by atoms with Gasteiger partial charge in [-0.3, -0.25) is 0 Å². The molecule has 1 heterocycles. The fourth-order valence-corrected chi connectivity index (χ4v) is 1.76. The van der Waals surface area contributed by atoms with E-state index in [9.17, 15) is 9.50 Å². The third-order valence-electron chi connectivity index (χ3n) is 2.99. The number of hydrogen-bond donors (Lipinski definition) is 2. The van der Waals surface area contributed by atoms with Crippen molar-refractivity contribution in [2.24, 2.45) is 5.73 Å². The van der Waals surface area contributed by atoms with Crippen LogP contribution < -0.4 is 5.73 Å². The molecule has 1 rings (SSSR count). The lowest BCUT2D eigenvalue weighted by atomic mass is 9.78. The summed E-state index contributed by atoms with van der Waals surface area (Å²) in [5, 5.41) is 9.21. The van der Waals surface area contributed by atoms with Gasteiger partial charge < -0.3 is 15.6 Å². The van der Waals surface area contributed by atoms with Crippen LogP contribution in [-0.2, 0) is 4.74 Å². The second-order valence-corrected chi connectivity index (χ2v) is 4.28. The zero-order chi connectivity index (χ0) is 10.1. The first-order valence-electron chi connectivity index (χ1n) is 4.58. The molecule has 2 atom stereocenters. The van der Waals surface area contributed by atoms with Gasteiger partial charge in [0.05, 0.1) is 11.7 Å². The summed E-state index contributed by atoms with van der Waals surface area (Å²) in [6.07, 6.45) is -0.0286. The molecule has 1 aliphatic rings. The van der Waals surface area contributed by atoms with E-state index in [-0.39, 0.29) is 6.42 Å². The third kappa shape index (κ3) is 2.00. The van der Waals surface area contributed by atoms with Crippen molar-refractivity contribution in [3.63, 3.8) is 0 Å². The Balaban J connectivity index is 2.64. The summed E-state index contributed by atoms with van der Waals surface area (Å²) in [6, 6.07) is 0. The van der Waals surface area contributed by atoms with Gasteiger partial charge in [0.1, 0.15) is 6.67 Å². The van der Waals surface area contributed by atoms with E-state index < -0.39 is 23.9 Å². The maximum Gasteiger partial charge on any atom is 0.115 e. The van der Waals surface area contributed by atoms with Crippen molar-refractivity contribution in [1.29, 1.82) is 0 Å². The summed E-state index contributed by atoms with van der Waals surface area (Å²) in [6.45, 7) is 3.60. The molecule has 0 aromatic heterocycles. The minimum absolute atomic E-state index is 0.260. The van der Waals surface area contributed by atoms with Crippen LogP contribution in [0.5, 0.6) is 0 Å². The van der Waals surface area contributed by atoms with Gasteiger partial charge in [-0.2, -0.15) is 0 Å². The molecule has 3 nitrogen and oxygen atoms in total. The number of halogens is 1. The smallest absolute Gasteiger partial charge is 0.115 e. The van der Waals surface area contributed by atoms with Crippen LogP contribution in [0.2, 0.25) is 0 Å². The van der Waals surface area contributed by atoms with E-state index in [4.69, 9.17) is 10.5 Å². The van der Waals surface area contributed by atoms with Crippen LogP contribution in [-0.4, -0.2) is 35.6 Å². The molecule has 3 N–H and O–H groups in total. The van der Waals surface area contributed by atoms with Crippen molar-refractivity contribution in [3.05, 3.63) is 0 Å². The molecule has 0 radical (unpaired) electrons. The first-order valence-corrected chi connectivity index (χ1v) is 4.58. The molecule has 13 heavy (non-hydrogen) atoms. The Morgan fingerprint density at radius 1 is 1.62 bits per heavy atom. The van der Waals surface area contributed by atoms with Crippen LogP contribution >= 0.6 is 0 Å². The second-order valence-electron chi connectivity index (χ2n) is 4.28. The largest absolute Gasteiger partial charge is 0.390 e. The summed E-state index contributed by atoms with van der Waals surface area (Å²) in [5.74, 6) is 0. The summed E-state index contributed by atoms with van der Waals surface area (Å²) in [4.78, 5) is 0. The minimum atomic E-state index is -0.967. The van der Waals surface area contributed by atoms with E-state index in [1.165, 1.54) is 0 Å². The lowest BCUT2D eigenvalue weighted by Gasteiger charge is -2.37.